The van der Waals surface area contributed by atoms with Gasteiger partial charge in [0.1, 0.15) is 5.82 Å². The van der Waals surface area contributed by atoms with Crippen molar-refractivity contribution in [1.29, 1.82) is 0 Å². The minimum Gasteiger partial charge on any atom is -0.349 e. The molecule has 10 aromatic rings. The zero-order valence-corrected chi connectivity index (χ0v) is 37.2. The number of aromatic nitrogens is 2. The molecule has 0 radical (unpaired) electrons. The topological polar surface area (TPSA) is 24.3 Å². The van der Waals surface area contributed by atoms with E-state index in [1.807, 2.05) is 6.20 Å². The number of nitrogens with zero attached hydrogens (tertiary/aromatic N) is 4. The van der Waals surface area contributed by atoms with Crippen molar-refractivity contribution in [3.05, 3.63) is 235 Å². The summed E-state index contributed by atoms with van der Waals surface area (Å²) in [7, 11) is 0. The molecule has 12 rings (SSSR count). The molecule has 0 amide bonds. The van der Waals surface area contributed by atoms with Gasteiger partial charge in [0.05, 0.1) is 18.0 Å². The first kappa shape index (κ1) is 38.9. The van der Waals surface area contributed by atoms with Crippen LogP contribution in [0.15, 0.2) is 200 Å². The molecule has 0 N–H and O–H groups in total. The number of rotatable bonds is 7. The van der Waals surface area contributed by atoms with Gasteiger partial charge in [-0.2, -0.15) is 36.4 Å². The van der Waals surface area contributed by atoms with Crippen molar-refractivity contribution in [2.45, 2.75) is 25.3 Å². The molecule has 304 valence electrons. The molecule has 8 aromatic carbocycles. The summed E-state index contributed by atoms with van der Waals surface area (Å²) in [5.41, 5.74) is 16.6. The van der Waals surface area contributed by atoms with E-state index >= 15 is 0 Å². The number of hydrogen-bond donors (Lipinski definition) is 0. The van der Waals surface area contributed by atoms with Gasteiger partial charge in [0.25, 0.3) is 0 Å². The van der Waals surface area contributed by atoms with E-state index in [2.05, 4.69) is 234 Å². The molecule has 0 saturated heterocycles. The van der Waals surface area contributed by atoms with Crippen LogP contribution in [0.4, 0.5) is 17.1 Å². The normalized spacial score (nSPS) is 13.6. The molecule has 0 unspecified atom stereocenters. The number of fused-ring (bicyclic) bond motifs is 7. The van der Waals surface area contributed by atoms with E-state index < -0.39 is 5.41 Å². The van der Waals surface area contributed by atoms with Gasteiger partial charge < -0.3 is 14.4 Å². The van der Waals surface area contributed by atoms with Crippen LogP contribution >= 0.6 is 0 Å². The van der Waals surface area contributed by atoms with Gasteiger partial charge in [-0.15, -0.1) is 22.6 Å². The van der Waals surface area contributed by atoms with Gasteiger partial charge >= 0.3 is 21.1 Å². The van der Waals surface area contributed by atoms with Crippen molar-refractivity contribution < 1.29 is 21.1 Å². The third kappa shape index (κ3) is 5.96. The first-order valence-electron chi connectivity index (χ1n) is 21.5. The summed E-state index contributed by atoms with van der Waals surface area (Å²) >= 11 is 0. The van der Waals surface area contributed by atoms with Crippen LogP contribution in [0.1, 0.15) is 36.1 Å². The van der Waals surface area contributed by atoms with Gasteiger partial charge in [0.2, 0.25) is 0 Å². The van der Waals surface area contributed by atoms with E-state index in [0.29, 0.717) is 6.04 Å². The van der Waals surface area contributed by atoms with Crippen LogP contribution in [0.25, 0.3) is 61.0 Å². The second-order valence-electron chi connectivity index (χ2n) is 16.7. The van der Waals surface area contributed by atoms with Gasteiger partial charge in [-0.05, 0) is 94.1 Å². The van der Waals surface area contributed by atoms with Crippen LogP contribution in [-0.2, 0) is 26.5 Å². The molecule has 0 atom stereocenters. The van der Waals surface area contributed by atoms with E-state index in [1.165, 1.54) is 55.7 Å². The van der Waals surface area contributed by atoms with Crippen LogP contribution in [0.5, 0.6) is 0 Å². The third-order valence-corrected chi connectivity index (χ3v) is 13.1. The molecular weight excluding hydrogens is 948 g/mol. The second-order valence-corrected chi connectivity index (χ2v) is 16.7. The van der Waals surface area contributed by atoms with E-state index in [-0.39, 0.29) is 21.1 Å². The largest absolute Gasteiger partial charge is 2.00 e. The molecule has 2 aromatic heterocycles. The first-order valence-corrected chi connectivity index (χ1v) is 21.5. The summed E-state index contributed by atoms with van der Waals surface area (Å²) in [6, 6.07) is 78.8. The molecule has 4 nitrogen and oxygen atoms in total. The van der Waals surface area contributed by atoms with Gasteiger partial charge in [-0.25, -0.2) is 4.98 Å². The Morgan fingerprint density at radius 1 is 0.524 bits per heavy atom. The van der Waals surface area contributed by atoms with Crippen LogP contribution in [0, 0.1) is 12.1 Å². The van der Waals surface area contributed by atoms with Crippen molar-refractivity contribution in [1.82, 2.24) is 9.55 Å². The molecule has 5 heteroatoms. The fraction of sp³-hybridized carbons (Fsp3) is 0.0862. The van der Waals surface area contributed by atoms with Gasteiger partial charge in [0.15, 0.2) is 0 Å². The van der Waals surface area contributed by atoms with Gasteiger partial charge in [-0.3, -0.25) is 0 Å². The first-order chi connectivity index (χ1) is 30.6. The molecule has 2 aliphatic rings. The molecule has 3 heterocycles. The number of benzene rings is 8. The quantitative estimate of drug-likeness (QED) is 0.149. The summed E-state index contributed by atoms with van der Waals surface area (Å²) in [4.78, 5) is 9.99. The van der Waals surface area contributed by atoms with E-state index in [0.717, 1.165) is 51.3 Å². The predicted octanol–water partition coefficient (Wildman–Crippen LogP) is 13.8. The Kier molecular flexibility index (Phi) is 9.51. The Bertz CT molecular complexity index is 3300. The fourth-order valence-corrected chi connectivity index (χ4v) is 10.3. The number of para-hydroxylation sites is 3. The maximum atomic E-state index is 5.10. The molecule has 0 fully saturated rings. The minimum absolute atomic E-state index is 0. The number of pyridine rings is 1. The van der Waals surface area contributed by atoms with Crippen molar-refractivity contribution in [3.8, 4) is 39.2 Å². The standard InChI is InChI=1S/C58H42N4.Pt/c1-39(2)60-38-61(55-30-15-14-29-54(55)60)44-20-16-19-42(36-44)58(51-26-11-8-23-47(51)48-24-9-12-27-52(48)58)43-31-32-50-49-25-10-13-28-53(49)62(56(50)37-43)57-35-41(33-34-59-57)46-22-7-6-21-45(46)40-17-4-3-5-18-40;/h3-35,39H,38H2,1-2H3;/q-2;+2. The van der Waals surface area contributed by atoms with E-state index in [9.17, 15) is 0 Å². The average molecular weight is 990 g/mol. The molecule has 0 spiro atoms. The zero-order valence-electron chi connectivity index (χ0n) is 34.9. The molecular formula is C58H42N4Pt. The molecule has 1 aliphatic carbocycles. The SMILES string of the molecule is CC(C)N1CN(c2[c-]c(C3(c4[c-]c5c(cc4)c4ccccc4n5-c4cc(-c5ccccc5-c5ccccc5)ccn4)c4ccccc4-c4ccccc43)ccc2)c2ccccc21.[Pt+2]. The number of anilines is 3. The Morgan fingerprint density at radius 2 is 1.14 bits per heavy atom. The summed E-state index contributed by atoms with van der Waals surface area (Å²) in [5.74, 6) is 0.849. The molecule has 0 saturated carbocycles. The monoisotopic (exact) mass is 989 g/mol. The van der Waals surface area contributed by atoms with Crippen molar-refractivity contribution >= 4 is 38.9 Å². The number of hydrogen-bond acceptors (Lipinski definition) is 3. The Balaban J connectivity index is 0.00000444. The maximum absolute atomic E-state index is 5.10. The average Bonchev–Trinajstić information content (AvgIpc) is 3.99. The van der Waals surface area contributed by atoms with Crippen molar-refractivity contribution in [3.63, 3.8) is 0 Å². The van der Waals surface area contributed by atoms with Gasteiger partial charge in [0, 0.05) is 23.2 Å². The Hall–Kier alpha value is -7.00. The van der Waals surface area contributed by atoms with Crippen LogP contribution in [0.3, 0.4) is 0 Å². The maximum Gasteiger partial charge on any atom is 2.00 e. The zero-order chi connectivity index (χ0) is 41.4. The fourth-order valence-electron chi connectivity index (χ4n) is 10.3. The smallest absolute Gasteiger partial charge is 0.349 e. The third-order valence-electron chi connectivity index (χ3n) is 13.1. The summed E-state index contributed by atoms with van der Waals surface area (Å²) < 4.78 is 2.31. The van der Waals surface area contributed by atoms with Crippen LogP contribution in [-0.4, -0.2) is 22.3 Å². The molecule has 63 heavy (non-hydrogen) atoms. The summed E-state index contributed by atoms with van der Waals surface area (Å²) in [5, 5.41) is 2.30. The molecule has 0 bridgehead atoms. The minimum atomic E-state index is -0.709. The van der Waals surface area contributed by atoms with E-state index in [4.69, 9.17) is 4.98 Å². The predicted molar refractivity (Wildman–Crippen MR) is 255 cm³/mol. The Labute approximate surface area is 383 Å². The second kappa shape index (κ2) is 15.4. The Morgan fingerprint density at radius 3 is 1.89 bits per heavy atom. The molecule has 1 aliphatic heterocycles. The van der Waals surface area contributed by atoms with Crippen molar-refractivity contribution in [2.24, 2.45) is 0 Å². The van der Waals surface area contributed by atoms with Crippen LogP contribution in [0.2, 0.25) is 0 Å². The summed E-state index contributed by atoms with van der Waals surface area (Å²) in [6.07, 6.45) is 1.94. The van der Waals surface area contributed by atoms with Gasteiger partial charge in [-0.1, -0.05) is 145 Å². The van der Waals surface area contributed by atoms with Crippen LogP contribution < -0.4 is 9.80 Å². The van der Waals surface area contributed by atoms with E-state index in [1.54, 1.807) is 0 Å². The van der Waals surface area contributed by atoms with Crippen molar-refractivity contribution in [2.75, 3.05) is 16.5 Å². The summed E-state index contributed by atoms with van der Waals surface area (Å²) in [6.45, 7) is 5.29.